The van der Waals surface area contributed by atoms with Gasteiger partial charge in [0.2, 0.25) is 0 Å². The number of guanidine groups is 1. The minimum absolute atomic E-state index is 0.0269. The Kier molecular flexibility index (Phi) is 3.73. The van der Waals surface area contributed by atoms with Crippen LogP contribution in [0.25, 0.3) is 0 Å². The summed E-state index contributed by atoms with van der Waals surface area (Å²) in [4.78, 5) is 6.79. The Hall–Kier alpha value is -0.740. The van der Waals surface area contributed by atoms with E-state index in [1.165, 1.54) is 12.8 Å². The van der Waals surface area contributed by atoms with E-state index in [1.54, 1.807) is 0 Å². The Morgan fingerprint density at radius 3 is 2.76 bits per heavy atom. The van der Waals surface area contributed by atoms with Crippen molar-refractivity contribution in [2.24, 2.45) is 16.1 Å². The Labute approximate surface area is 139 Å². The molecule has 1 unspecified atom stereocenters. The van der Waals surface area contributed by atoms with Crippen LogP contribution < -0.4 is 10.6 Å². The molecule has 1 atom stereocenters. The lowest BCUT2D eigenvalue weighted by Crippen LogP contribution is -2.55. The summed E-state index contributed by atoms with van der Waals surface area (Å²) in [7, 11) is 0. The van der Waals surface area contributed by atoms with Crippen molar-refractivity contribution < 1.29 is 0 Å². The maximum Gasteiger partial charge on any atom is 0.196 e. The van der Waals surface area contributed by atoms with Crippen molar-refractivity contribution in [3.05, 3.63) is 27.7 Å². The number of hydrogen-bond acceptors (Lipinski definition) is 3. The first kappa shape index (κ1) is 15.2. The summed E-state index contributed by atoms with van der Waals surface area (Å²) in [5.74, 6) is 0.627. The second-order valence-electron chi connectivity index (χ2n) is 7.03. The molecule has 5 heteroatoms. The van der Waals surface area contributed by atoms with E-state index in [1.807, 2.05) is 18.2 Å². The number of benzene rings is 1. The van der Waals surface area contributed by atoms with Crippen molar-refractivity contribution in [1.29, 1.82) is 0 Å². The molecule has 1 heterocycles. The number of halogens is 2. The Bertz CT molecular complexity index is 599. The molecular formula is C16H21BrClN3. The average molecular weight is 371 g/mol. The third-order valence-corrected chi connectivity index (χ3v) is 5.92. The maximum absolute atomic E-state index is 6.22. The van der Waals surface area contributed by atoms with E-state index in [9.17, 15) is 0 Å². The number of nitrogens with two attached hydrogens (primary N) is 1. The monoisotopic (exact) mass is 369 g/mol. The van der Waals surface area contributed by atoms with Gasteiger partial charge in [0.25, 0.3) is 0 Å². The van der Waals surface area contributed by atoms with Crippen LogP contribution in [0, 0.1) is 5.41 Å². The average Bonchev–Trinajstić information content (AvgIpc) is 2.68. The minimum atomic E-state index is 0.0269. The second-order valence-corrected chi connectivity index (χ2v) is 8.29. The molecule has 3 nitrogen and oxygen atoms in total. The van der Waals surface area contributed by atoms with Crippen molar-refractivity contribution in [2.75, 3.05) is 11.4 Å². The van der Waals surface area contributed by atoms with E-state index < -0.39 is 0 Å². The van der Waals surface area contributed by atoms with Crippen molar-refractivity contribution in [3.8, 4) is 0 Å². The van der Waals surface area contributed by atoms with Crippen LogP contribution in [0.4, 0.5) is 5.69 Å². The molecule has 1 aromatic rings. The molecule has 0 radical (unpaired) electrons. The number of anilines is 1. The summed E-state index contributed by atoms with van der Waals surface area (Å²) in [6, 6.07) is 5.98. The number of hydrogen-bond donors (Lipinski definition) is 1. The predicted molar refractivity (Wildman–Crippen MR) is 93.1 cm³/mol. The van der Waals surface area contributed by atoms with E-state index in [0.29, 0.717) is 16.4 Å². The molecule has 114 valence electrons. The zero-order chi connectivity index (χ0) is 15.3. The molecule has 1 saturated carbocycles. The molecule has 1 aliphatic heterocycles. The third-order valence-electron chi connectivity index (χ3n) is 4.70. The number of aliphatic imine (C=N–C) groups is 1. The molecule has 21 heavy (non-hydrogen) atoms. The van der Waals surface area contributed by atoms with Crippen molar-refractivity contribution in [1.82, 2.24) is 0 Å². The van der Waals surface area contributed by atoms with E-state index >= 15 is 0 Å². The van der Waals surface area contributed by atoms with Gasteiger partial charge in [0.15, 0.2) is 5.96 Å². The Morgan fingerprint density at radius 1 is 1.33 bits per heavy atom. The standard InChI is InChI=1S/C16H21BrClN3/c1-15(2)6-3-7-16(9-15)10-20-14(19)21(16)11-4-5-13(18)12(17)8-11/h4-5,8H,3,6-7,9-10H2,1-2H3,(H2,19,20). The lowest BCUT2D eigenvalue weighted by Gasteiger charge is -2.48. The Morgan fingerprint density at radius 2 is 2.10 bits per heavy atom. The second kappa shape index (κ2) is 5.17. The van der Waals surface area contributed by atoms with Gasteiger partial charge in [-0.2, -0.15) is 0 Å². The summed E-state index contributed by atoms with van der Waals surface area (Å²) >= 11 is 9.63. The summed E-state index contributed by atoms with van der Waals surface area (Å²) < 4.78 is 0.895. The van der Waals surface area contributed by atoms with Crippen molar-refractivity contribution in [2.45, 2.75) is 45.1 Å². The molecule has 1 aromatic carbocycles. The van der Waals surface area contributed by atoms with Gasteiger partial charge in [-0.1, -0.05) is 31.9 Å². The van der Waals surface area contributed by atoms with Crippen LogP contribution in [0.1, 0.15) is 39.5 Å². The molecule has 1 fully saturated rings. The van der Waals surface area contributed by atoms with Crippen LogP contribution in [-0.4, -0.2) is 18.0 Å². The molecule has 0 amide bonds. The first-order valence-electron chi connectivity index (χ1n) is 7.38. The van der Waals surface area contributed by atoms with Crippen LogP contribution in [0.5, 0.6) is 0 Å². The summed E-state index contributed by atoms with van der Waals surface area (Å²) in [6.07, 6.45) is 4.75. The van der Waals surface area contributed by atoms with Crippen LogP contribution in [0.15, 0.2) is 27.7 Å². The van der Waals surface area contributed by atoms with E-state index in [-0.39, 0.29) is 5.54 Å². The minimum Gasteiger partial charge on any atom is -0.369 e. The first-order valence-corrected chi connectivity index (χ1v) is 8.55. The van der Waals surface area contributed by atoms with Crippen LogP contribution >= 0.6 is 27.5 Å². The van der Waals surface area contributed by atoms with Crippen molar-refractivity contribution in [3.63, 3.8) is 0 Å². The summed E-state index contributed by atoms with van der Waals surface area (Å²) in [5, 5.41) is 0.714. The van der Waals surface area contributed by atoms with Crippen LogP contribution in [-0.2, 0) is 0 Å². The van der Waals surface area contributed by atoms with Gasteiger partial charge in [0.05, 0.1) is 17.1 Å². The molecule has 1 aliphatic carbocycles. The fraction of sp³-hybridized carbons (Fsp3) is 0.562. The van der Waals surface area contributed by atoms with E-state index in [2.05, 4.69) is 39.7 Å². The predicted octanol–water partition coefficient (Wildman–Crippen LogP) is 4.58. The van der Waals surface area contributed by atoms with Crippen LogP contribution in [0.3, 0.4) is 0 Å². The first-order chi connectivity index (χ1) is 9.83. The molecule has 2 aliphatic rings. The van der Waals surface area contributed by atoms with Gasteiger partial charge in [0.1, 0.15) is 0 Å². The molecule has 0 bridgehead atoms. The van der Waals surface area contributed by atoms with Crippen molar-refractivity contribution >= 4 is 39.2 Å². The van der Waals surface area contributed by atoms with Gasteiger partial charge in [-0.05, 0) is 58.8 Å². The zero-order valence-corrected chi connectivity index (χ0v) is 14.8. The van der Waals surface area contributed by atoms with Gasteiger partial charge in [-0.25, -0.2) is 0 Å². The third kappa shape index (κ3) is 2.68. The lowest BCUT2D eigenvalue weighted by atomic mass is 9.67. The van der Waals surface area contributed by atoms with Gasteiger partial charge in [-0.3, -0.25) is 4.99 Å². The van der Waals surface area contributed by atoms with Crippen LogP contribution in [0.2, 0.25) is 5.02 Å². The molecule has 2 N–H and O–H groups in total. The highest BCUT2D eigenvalue weighted by Crippen LogP contribution is 2.47. The topological polar surface area (TPSA) is 41.6 Å². The fourth-order valence-corrected chi connectivity index (χ4v) is 4.42. The summed E-state index contributed by atoms with van der Waals surface area (Å²) in [6.45, 7) is 5.49. The molecular weight excluding hydrogens is 350 g/mol. The highest BCUT2D eigenvalue weighted by atomic mass is 79.9. The van der Waals surface area contributed by atoms with Gasteiger partial charge >= 0.3 is 0 Å². The maximum atomic E-state index is 6.22. The zero-order valence-electron chi connectivity index (χ0n) is 12.5. The van der Waals surface area contributed by atoms with Gasteiger partial charge in [-0.15, -0.1) is 0 Å². The molecule has 3 rings (SSSR count). The number of nitrogens with zero attached hydrogens (tertiary/aromatic N) is 2. The summed E-state index contributed by atoms with van der Waals surface area (Å²) in [5.41, 5.74) is 7.65. The van der Waals surface area contributed by atoms with Gasteiger partial charge < -0.3 is 10.6 Å². The molecule has 1 spiro atoms. The van der Waals surface area contributed by atoms with E-state index in [0.717, 1.165) is 29.5 Å². The quantitative estimate of drug-likeness (QED) is 0.786. The SMILES string of the molecule is CC1(C)CCCC2(CN=C(N)N2c2ccc(Cl)c(Br)c2)C1. The van der Waals surface area contributed by atoms with E-state index in [4.69, 9.17) is 17.3 Å². The number of rotatable bonds is 1. The lowest BCUT2D eigenvalue weighted by molar-refractivity contribution is 0.163. The fourth-order valence-electron chi connectivity index (χ4n) is 3.93. The smallest absolute Gasteiger partial charge is 0.196 e. The Balaban J connectivity index is 2.01. The largest absolute Gasteiger partial charge is 0.369 e. The molecule has 0 saturated heterocycles. The molecule has 0 aromatic heterocycles. The van der Waals surface area contributed by atoms with Gasteiger partial charge in [0, 0.05) is 10.2 Å². The normalized spacial score (nSPS) is 28.0. The highest BCUT2D eigenvalue weighted by molar-refractivity contribution is 9.10. The highest BCUT2D eigenvalue weighted by Gasteiger charge is 2.48.